The number of likely N-dealkylation sites (N-methyl/N-ethyl adjacent to an activating group) is 1. The minimum absolute atomic E-state index is 0.0544. The Balaban J connectivity index is 2.85. The van der Waals surface area contributed by atoms with E-state index in [-0.39, 0.29) is 11.4 Å². The van der Waals surface area contributed by atoms with Crippen LogP contribution in [-0.2, 0) is 4.74 Å². The summed E-state index contributed by atoms with van der Waals surface area (Å²) in [5, 5.41) is 0. The van der Waals surface area contributed by atoms with Gasteiger partial charge in [0.25, 0.3) is 5.91 Å². The maximum atomic E-state index is 13.9. The Morgan fingerprint density at radius 2 is 2.32 bits per heavy atom. The molecule has 19 heavy (non-hydrogen) atoms. The van der Waals surface area contributed by atoms with Gasteiger partial charge in [-0.2, -0.15) is 0 Å². The number of rotatable bonds is 7. The first-order valence-electron chi connectivity index (χ1n) is 6.13. The fraction of sp³-hybridized carbons (Fsp3) is 0.500. The number of nitrogens with one attached hydrogen (secondary N) is 1. The van der Waals surface area contributed by atoms with E-state index in [1.54, 1.807) is 0 Å². The monoisotopic (exact) mass is 270 g/mol. The number of carbonyl (C=O) groups excluding carboxylic acids is 1. The molecule has 3 N–H and O–H groups in total. The first-order chi connectivity index (χ1) is 9.15. The lowest BCUT2D eigenvalue weighted by molar-refractivity contribution is 0.0665. The minimum atomic E-state index is -0.746. The zero-order valence-electron chi connectivity index (χ0n) is 11.1. The summed E-state index contributed by atoms with van der Waals surface area (Å²) < 4.78 is 19.1. The highest BCUT2D eigenvalue weighted by molar-refractivity contribution is 5.95. The Kier molecular flexibility index (Phi) is 6.17. The van der Waals surface area contributed by atoms with Gasteiger partial charge in [-0.1, -0.05) is 0 Å². The van der Waals surface area contributed by atoms with Crippen LogP contribution in [0.15, 0.2) is 12.3 Å². The van der Waals surface area contributed by atoms with Crippen LogP contribution in [-0.4, -0.2) is 42.1 Å². The smallest absolute Gasteiger partial charge is 0.257 e. The van der Waals surface area contributed by atoms with Gasteiger partial charge in [0.2, 0.25) is 0 Å². The molecule has 0 aliphatic rings. The third kappa shape index (κ3) is 3.87. The van der Waals surface area contributed by atoms with Crippen LogP contribution in [0.1, 0.15) is 24.2 Å². The van der Waals surface area contributed by atoms with Gasteiger partial charge in [0.15, 0.2) is 11.6 Å². The van der Waals surface area contributed by atoms with E-state index in [1.807, 2.05) is 13.8 Å². The summed E-state index contributed by atoms with van der Waals surface area (Å²) in [6.07, 6.45) is 1.34. The summed E-state index contributed by atoms with van der Waals surface area (Å²) in [4.78, 5) is 17.4. The van der Waals surface area contributed by atoms with Crippen molar-refractivity contribution in [3.63, 3.8) is 0 Å². The molecule has 1 aromatic heterocycles. The summed E-state index contributed by atoms with van der Waals surface area (Å²) in [5.41, 5.74) is 2.06. The van der Waals surface area contributed by atoms with Gasteiger partial charge in [0.05, 0.1) is 12.2 Å². The van der Waals surface area contributed by atoms with E-state index >= 15 is 0 Å². The second-order valence-electron chi connectivity index (χ2n) is 3.75. The molecule has 1 amide bonds. The maximum Gasteiger partial charge on any atom is 0.257 e. The number of nitrogens with zero attached hydrogens (tertiary/aromatic N) is 2. The average Bonchev–Trinajstić information content (AvgIpc) is 2.43. The van der Waals surface area contributed by atoms with Crippen molar-refractivity contribution in [2.45, 2.75) is 13.8 Å². The molecule has 0 atom stereocenters. The van der Waals surface area contributed by atoms with Crippen molar-refractivity contribution in [2.24, 2.45) is 5.84 Å². The topological polar surface area (TPSA) is 80.5 Å². The van der Waals surface area contributed by atoms with Gasteiger partial charge in [-0.05, 0) is 19.9 Å². The number of anilines is 1. The van der Waals surface area contributed by atoms with Crippen molar-refractivity contribution in [3.05, 3.63) is 23.6 Å². The molecule has 0 unspecified atom stereocenters. The Morgan fingerprint density at radius 3 is 2.89 bits per heavy atom. The molecule has 106 valence electrons. The molecule has 0 saturated heterocycles. The fourth-order valence-electron chi connectivity index (χ4n) is 1.60. The Hall–Kier alpha value is -1.73. The Bertz CT molecular complexity index is 428. The van der Waals surface area contributed by atoms with Gasteiger partial charge in [0.1, 0.15) is 0 Å². The minimum Gasteiger partial charge on any atom is -0.380 e. The molecule has 0 spiro atoms. The highest BCUT2D eigenvalue weighted by Gasteiger charge is 2.20. The largest absolute Gasteiger partial charge is 0.380 e. The van der Waals surface area contributed by atoms with E-state index < -0.39 is 11.7 Å². The van der Waals surface area contributed by atoms with Crippen molar-refractivity contribution < 1.29 is 13.9 Å². The van der Waals surface area contributed by atoms with Gasteiger partial charge < -0.3 is 15.1 Å². The molecular formula is C12H19FN4O2. The first-order valence-corrected chi connectivity index (χ1v) is 6.13. The number of amides is 1. The van der Waals surface area contributed by atoms with Crippen molar-refractivity contribution in [3.8, 4) is 0 Å². The number of nitrogen functional groups attached to an aromatic ring is 1. The van der Waals surface area contributed by atoms with Crippen LogP contribution < -0.4 is 11.3 Å². The Morgan fingerprint density at radius 1 is 1.58 bits per heavy atom. The van der Waals surface area contributed by atoms with Crippen LogP contribution >= 0.6 is 0 Å². The van der Waals surface area contributed by atoms with E-state index in [1.165, 1.54) is 17.2 Å². The number of pyridine rings is 1. The van der Waals surface area contributed by atoms with E-state index in [0.29, 0.717) is 26.3 Å². The fourth-order valence-corrected chi connectivity index (χ4v) is 1.60. The van der Waals surface area contributed by atoms with Crippen LogP contribution in [0.2, 0.25) is 0 Å². The molecule has 6 nitrogen and oxygen atoms in total. The van der Waals surface area contributed by atoms with Crippen molar-refractivity contribution in [2.75, 3.05) is 31.7 Å². The van der Waals surface area contributed by atoms with Crippen LogP contribution in [0.3, 0.4) is 0 Å². The van der Waals surface area contributed by atoms with Crippen LogP contribution in [0, 0.1) is 5.82 Å². The molecule has 1 aromatic rings. The number of hydrazine groups is 1. The van der Waals surface area contributed by atoms with Crippen LogP contribution in [0.4, 0.5) is 10.2 Å². The zero-order chi connectivity index (χ0) is 14.3. The molecule has 1 rings (SSSR count). The number of ether oxygens (including phenoxy) is 1. The number of nitrogens with two attached hydrogens (primary N) is 1. The van der Waals surface area contributed by atoms with Crippen LogP contribution in [0.5, 0.6) is 0 Å². The van der Waals surface area contributed by atoms with Crippen LogP contribution in [0.25, 0.3) is 0 Å². The predicted molar refractivity (Wildman–Crippen MR) is 70.1 cm³/mol. The van der Waals surface area contributed by atoms with E-state index in [9.17, 15) is 9.18 Å². The van der Waals surface area contributed by atoms with Gasteiger partial charge in [-0.15, -0.1) is 0 Å². The van der Waals surface area contributed by atoms with E-state index in [2.05, 4.69) is 10.4 Å². The molecular weight excluding hydrogens is 251 g/mol. The third-order valence-corrected chi connectivity index (χ3v) is 2.63. The van der Waals surface area contributed by atoms with Gasteiger partial charge >= 0.3 is 0 Å². The predicted octanol–water partition coefficient (Wildman–Crippen LogP) is 1.00. The van der Waals surface area contributed by atoms with Crippen molar-refractivity contribution in [1.29, 1.82) is 0 Å². The maximum absolute atomic E-state index is 13.9. The van der Waals surface area contributed by atoms with Crippen molar-refractivity contribution >= 4 is 11.7 Å². The molecule has 7 heteroatoms. The summed E-state index contributed by atoms with van der Waals surface area (Å²) in [6.45, 7) is 5.58. The standard InChI is InChI=1S/C12H19FN4O2/c1-3-17(7-8-19-4-2)12(18)9-5-6-15-11(16-14)10(9)13/h5-6H,3-4,7-8,14H2,1-2H3,(H,15,16). The second kappa shape index (κ2) is 7.65. The SMILES string of the molecule is CCOCCN(CC)C(=O)c1ccnc(NN)c1F. The summed E-state index contributed by atoms with van der Waals surface area (Å²) in [6, 6.07) is 1.34. The summed E-state index contributed by atoms with van der Waals surface area (Å²) >= 11 is 0. The number of hydrogen-bond donors (Lipinski definition) is 2. The van der Waals surface area contributed by atoms with E-state index in [0.717, 1.165) is 0 Å². The number of carbonyl (C=O) groups is 1. The second-order valence-corrected chi connectivity index (χ2v) is 3.75. The van der Waals surface area contributed by atoms with Crippen molar-refractivity contribution in [1.82, 2.24) is 9.88 Å². The van der Waals surface area contributed by atoms with E-state index in [4.69, 9.17) is 10.6 Å². The summed E-state index contributed by atoms with van der Waals surface area (Å²) in [7, 11) is 0. The molecule has 0 radical (unpaired) electrons. The molecule has 0 fully saturated rings. The number of aromatic nitrogens is 1. The normalized spacial score (nSPS) is 10.3. The number of halogens is 1. The highest BCUT2D eigenvalue weighted by Crippen LogP contribution is 2.15. The quantitative estimate of drug-likeness (QED) is 0.439. The molecule has 0 aliphatic heterocycles. The molecule has 0 saturated carbocycles. The zero-order valence-corrected chi connectivity index (χ0v) is 11.1. The van der Waals surface area contributed by atoms with Gasteiger partial charge in [-0.3, -0.25) is 4.79 Å². The van der Waals surface area contributed by atoms with Gasteiger partial charge in [-0.25, -0.2) is 15.2 Å². The molecule has 0 aromatic carbocycles. The number of hydrogen-bond acceptors (Lipinski definition) is 5. The lowest BCUT2D eigenvalue weighted by Gasteiger charge is -2.21. The average molecular weight is 270 g/mol. The lowest BCUT2D eigenvalue weighted by Crippen LogP contribution is -2.34. The van der Waals surface area contributed by atoms with Gasteiger partial charge in [0, 0.05) is 25.9 Å². The first kappa shape index (κ1) is 15.3. The summed E-state index contributed by atoms with van der Waals surface area (Å²) in [5.74, 6) is 3.83. The lowest BCUT2D eigenvalue weighted by atomic mass is 10.2. The Labute approximate surface area is 111 Å². The highest BCUT2D eigenvalue weighted by atomic mass is 19.1. The molecule has 0 bridgehead atoms. The molecule has 0 aliphatic carbocycles. The molecule has 1 heterocycles. The third-order valence-electron chi connectivity index (χ3n) is 2.63.